The molecule has 1 aliphatic heterocycles. The fourth-order valence-corrected chi connectivity index (χ4v) is 6.79. The van der Waals surface area contributed by atoms with E-state index >= 15 is 0 Å². The summed E-state index contributed by atoms with van der Waals surface area (Å²) >= 11 is 6.78. The van der Waals surface area contributed by atoms with Crippen molar-refractivity contribution in [2.24, 2.45) is 5.73 Å². The van der Waals surface area contributed by atoms with Gasteiger partial charge in [-0.3, -0.25) is 19.9 Å². The van der Waals surface area contributed by atoms with Crippen LogP contribution >= 0.6 is 11.6 Å². The number of carbonyl (C=O) groups is 3. The van der Waals surface area contributed by atoms with Crippen molar-refractivity contribution in [1.29, 1.82) is 0 Å². The van der Waals surface area contributed by atoms with Gasteiger partial charge in [0, 0.05) is 68.8 Å². The van der Waals surface area contributed by atoms with Gasteiger partial charge in [0.15, 0.2) is 5.60 Å². The molecule has 1 saturated heterocycles. The molecule has 14 nitrogen and oxygen atoms in total. The minimum atomic E-state index is -1.69. The fraction of sp³-hybridized carbons (Fsp3) is 0.400. The summed E-state index contributed by atoms with van der Waals surface area (Å²) < 4.78 is 19.2. The molecule has 2 aromatic carbocycles. The summed E-state index contributed by atoms with van der Waals surface area (Å²) in [7, 11) is 0. The molecule has 1 unspecified atom stereocenters. The number of allylic oxidation sites excluding steroid dienone is 2. The van der Waals surface area contributed by atoms with E-state index in [1.807, 2.05) is 24.3 Å². The highest BCUT2D eigenvalue weighted by Crippen LogP contribution is 2.38. The Labute approximate surface area is 324 Å². The molecular formula is C40H47ClN4O10. The minimum Gasteiger partial charge on any atom is -0.489 e. The van der Waals surface area contributed by atoms with Crippen LogP contribution in [-0.2, 0) is 27.5 Å². The number of aliphatic hydroxyl groups is 2. The number of amides is 1. The number of hydrogen-bond donors (Lipinski definition) is 6. The van der Waals surface area contributed by atoms with E-state index in [2.05, 4.69) is 40.3 Å². The van der Waals surface area contributed by atoms with E-state index in [0.29, 0.717) is 56.0 Å². The number of aliphatic carboxylic acids is 2. The molecule has 1 aliphatic carbocycles. The summed E-state index contributed by atoms with van der Waals surface area (Å²) in [5.74, 6) is -2.46. The van der Waals surface area contributed by atoms with Crippen LogP contribution in [0.1, 0.15) is 58.3 Å². The second kappa shape index (κ2) is 18.7. The highest BCUT2D eigenvalue weighted by atomic mass is 35.5. The number of aliphatic hydroxyl groups excluding tert-OH is 1. The third-order valence-electron chi connectivity index (χ3n) is 9.85. The van der Waals surface area contributed by atoms with Crippen molar-refractivity contribution in [3.05, 3.63) is 106 Å². The van der Waals surface area contributed by atoms with Crippen molar-refractivity contribution >= 4 is 35.0 Å². The number of halogens is 1. The molecule has 3 aromatic rings. The maximum Gasteiger partial charge on any atom is 0.335 e. The van der Waals surface area contributed by atoms with Crippen molar-refractivity contribution in [3.8, 4) is 11.5 Å². The van der Waals surface area contributed by atoms with Crippen LogP contribution in [0.3, 0.4) is 0 Å². The summed E-state index contributed by atoms with van der Waals surface area (Å²) in [6.07, 6.45) is 10.3. The lowest BCUT2D eigenvalue weighted by Gasteiger charge is -2.36. The molecule has 0 spiro atoms. The second-order valence-electron chi connectivity index (χ2n) is 13.9. The number of carboxylic acid groups (broad SMARTS) is 2. The van der Waals surface area contributed by atoms with Gasteiger partial charge in [-0.05, 0) is 61.1 Å². The third kappa shape index (κ3) is 10.9. The third-order valence-corrected chi connectivity index (χ3v) is 10.1. The Hall–Kier alpha value is -4.83. The Morgan fingerprint density at radius 2 is 1.84 bits per heavy atom. The van der Waals surface area contributed by atoms with E-state index in [1.54, 1.807) is 18.2 Å². The number of rotatable bonds is 19. The molecule has 1 aromatic heterocycles. The maximum absolute atomic E-state index is 11.7. The van der Waals surface area contributed by atoms with Crippen molar-refractivity contribution in [3.63, 3.8) is 0 Å². The average molecular weight is 779 g/mol. The predicted octanol–water partition coefficient (Wildman–Crippen LogP) is 3.74. The summed E-state index contributed by atoms with van der Waals surface area (Å²) in [5.41, 5.74) is 7.36. The van der Waals surface area contributed by atoms with Crippen molar-refractivity contribution in [2.45, 2.75) is 63.0 Å². The number of carbonyl (C=O) groups excluding carboxylic acids is 1. The van der Waals surface area contributed by atoms with Gasteiger partial charge in [-0.2, -0.15) is 0 Å². The molecule has 2 heterocycles. The number of ether oxygens (including phenoxy) is 3. The van der Waals surface area contributed by atoms with E-state index in [4.69, 9.17) is 31.5 Å². The number of hydrogen-bond acceptors (Lipinski definition) is 11. The number of aromatic nitrogens is 1. The quantitative estimate of drug-likeness (QED) is 0.0959. The van der Waals surface area contributed by atoms with Crippen molar-refractivity contribution in [1.82, 2.24) is 15.2 Å². The molecule has 15 heteroatoms. The van der Waals surface area contributed by atoms with Crippen LogP contribution in [0.15, 0.2) is 73.1 Å². The van der Waals surface area contributed by atoms with E-state index in [0.717, 1.165) is 16.7 Å². The smallest absolute Gasteiger partial charge is 0.335 e. The highest BCUT2D eigenvalue weighted by Gasteiger charge is 2.39. The first-order valence-electron chi connectivity index (χ1n) is 18.0. The lowest BCUT2D eigenvalue weighted by Crippen LogP contribution is -2.49. The second-order valence-corrected chi connectivity index (χ2v) is 14.3. The first kappa shape index (κ1) is 41.3. The lowest BCUT2D eigenvalue weighted by atomic mass is 9.85. The summed E-state index contributed by atoms with van der Waals surface area (Å²) in [4.78, 5) is 40.9. The van der Waals surface area contributed by atoms with Gasteiger partial charge >= 0.3 is 11.9 Å². The Morgan fingerprint density at radius 1 is 1.07 bits per heavy atom. The molecule has 2 atom stereocenters. The van der Waals surface area contributed by atoms with E-state index < -0.39 is 41.7 Å². The molecule has 0 bridgehead atoms. The molecule has 5 rings (SSSR count). The van der Waals surface area contributed by atoms with Gasteiger partial charge in [-0.15, -0.1) is 0 Å². The monoisotopic (exact) mass is 778 g/mol. The van der Waals surface area contributed by atoms with Gasteiger partial charge in [-0.25, -0.2) is 4.79 Å². The number of piperidine rings is 1. The Kier molecular flexibility index (Phi) is 14.0. The van der Waals surface area contributed by atoms with Crippen LogP contribution in [0.4, 0.5) is 0 Å². The Morgan fingerprint density at radius 3 is 2.53 bits per heavy atom. The number of carboxylic acids is 2. The standard InChI is InChI=1S/C40H47ClN4O10/c1-26-6-2-3-8-31(26)28-7-4-9-39(19-28,55-15-5-12-45-13-10-40(52,11-14-45)38(50)51)25-54-35-18-34(53-24-27-16-30(36(42)47)21-43-20-27)29(17-32(35)41)22-44-33(23-46)37(48)49/h2-4,6-9,16-18,20-21,33,44,46,52H,5,10-15,19,22-25H2,1H3,(H2,42,47)(H,48,49)(H,50,51)/t33?,39-/m0/s1. The SMILES string of the molecule is Cc1ccccc1C1=CC=C[C@](COc2cc(OCc3cncc(C(N)=O)c3)c(CNC(CO)C(=O)O)cc2Cl)(OCCCN2CCC(O)(C(=O)O)CC2)C1. The summed E-state index contributed by atoms with van der Waals surface area (Å²) in [6, 6.07) is 11.6. The molecule has 2 aliphatic rings. The van der Waals surface area contributed by atoms with E-state index in [1.165, 1.54) is 12.4 Å². The van der Waals surface area contributed by atoms with Crippen LogP contribution in [0.2, 0.25) is 5.02 Å². The van der Waals surface area contributed by atoms with E-state index in [-0.39, 0.29) is 48.9 Å². The van der Waals surface area contributed by atoms with Gasteiger partial charge < -0.3 is 45.3 Å². The number of primary amides is 1. The molecule has 0 radical (unpaired) electrons. The topological polar surface area (TPSA) is 214 Å². The largest absolute Gasteiger partial charge is 0.489 e. The van der Waals surface area contributed by atoms with Crippen molar-refractivity contribution < 1.29 is 49.0 Å². The number of nitrogens with one attached hydrogen (secondary N) is 1. The van der Waals surface area contributed by atoms with Gasteiger partial charge in [0.2, 0.25) is 5.91 Å². The zero-order chi connectivity index (χ0) is 39.6. The lowest BCUT2D eigenvalue weighted by molar-refractivity contribution is -0.163. The molecule has 1 fully saturated rings. The van der Waals surface area contributed by atoms with E-state index in [9.17, 15) is 34.8 Å². The zero-order valence-electron chi connectivity index (χ0n) is 30.6. The van der Waals surface area contributed by atoms with Crippen LogP contribution in [0, 0.1) is 6.92 Å². The maximum atomic E-state index is 11.7. The number of nitrogens with zero attached hydrogens (tertiary/aromatic N) is 2. The molecule has 55 heavy (non-hydrogen) atoms. The minimum absolute atomic E-state index is 0.0145. The molecule has 1 amide bonds. The average Bonchev–Trinajstić information content (AvgIpc) is 3.17. The Balaban J connectivity index is 1.35. The molecule has 294 valence electrons. The number of aryl methyl sites for hydroxylation is 1. The Bertz CT molecular complexity index is 1910. The molecular weight excluding hydrogens is 732 g/mol. The number of likely N-dealkylation sites (tertiary alicyclic amines) is 1. The fourth-order valence-electron chi connectivity index (χ4n) is 6.55. The number of benzene rings is 2. The van der Waals surface area contributed by atoms with Gasteiger partial charge in [0.05, 0.1) is 17.2 Å². The van der Waals surface area contributed by atoms with Crippen LogP contribution in [0.5, 0.6) is 11.5 Å². The van der Waals surface area contributed by atoms with Gasteiger partial charge in [-0.1, -0.05) is 48.0 Å². The first-order chi connectivity index (χ1) is 26.3. The van der Waals surface area contributed by atoms with Crippen LogP contribution in [-0.4, -0.2) is 105 Å². The molecule has 7 N–H and O–H groups in total. The highest BCUT2D eigenvalue weighted by molar-refractivity contribution is 6.32. The van der Waals surface area contributed by atoms with Crippen molar-refractivity contribution in [2.75, 3.05) is 39.5 Å². The summed E-state index contributed by atoms with van der Waals surface area (Å²) in [6.45, 7) is 3.42. The van der Waals surface area contributed by atoms with Crippen LogP contribution < -0.4 is 20.5 Å². The van der Waals surface area contributed by atoms with Crippen LogP contribution in [0.25, 0.3) is 5.57 Å². The first-order valence-corrected chi connectivity index (χ1v) is 18.3. The van der Waals surface area contributed by atoms with Gasteiger partial charge in [0.1, 0.15) is 36.4 Å². The summed E-state index contributed by atoms with van der Waals surface area (Å²) in [5, 5.41) is 41.7. The zero-order valence-corrected chi connectivity index (χ0v) is 31.3. The molecule has 0 saturated carbocycles. The predicted molar refractivity (Wildman–Crippen MR) is 204 cm³/mol. The normalized spacial score (nSPS) is 18.7. The van der Waals surface area contributed by atoms with Gasteiger partial charge in [0.25, 0.3) is 0 Å². The number of nitrogens with two attached hydrogens (primary N) is 1. The number of pyridine rings is 1.